The summed E-state index contributed by atoms with van der Waals surface area (Å²) in [6.45, 7) is 6.23. The van der Waals surface area contributed by atoms with E-state index in [1.165, 1.54) is 57.8 Å². The van der Waals surface area contributed by atoms with Gasteiger partial charge in [-0.25, -0.2) is 0 Å². The lowest BCUT2D eigenvalue weighted by Crippen LogP contribution is -2.56. The molecule has 1 rings (SSSR count). The number of halogens is 3. The number of anilines is 1. The second kappa shape index (κ2) is 17.6. The second-order valence-electron chi connectivity index (χ2n) is 9.10. The summed E-state index contributed by atoms with van der Waals surface area (Å²) in [5.74, 6) is -0.162. The van der Waals surface area contributed by atoms with E-state index in [0.717, 1.165) is 36.1 Å². The first-order valence-electron chi connectivity index (χ1n) is 12.6. The van der Waals surface area contributed by atoms with Crippen molar-refractivity contribution < 1.29 is 4.79 Å². The lowest BCUT2D eigenvalue weighted by Gasteiger charge is -2.28. The van der Waals surface area contributed by atoms with Crippen molar-refractivity contribution in [2.45, 2.75) is 114 Å². The molecule has 0 spiro atoms. The van der Waals surface area contributed by atoms with Gasteiger partial charge in [0.25, 0.3) is 0 Å². The van der Waals surface area contributed by atoms with Crippen LogP contribution in [0.2, 0.25) is 0 Å². The molecule has 0 saturated carbocycles. The van der Waals surface area contributed by atoms with E-state index in [-0.39, 0.29) is 11.0 Å². The molecule has 0 aliphatic heterocycles. The highest BCUT2D eigenvalue weighted by atomic mass is 35.6. The van der Waals surface area contributed by atoms with Crippen molar-refractivity contribution in [2.75, 3.05) is 5.32 Å². The van der Waals surface area contributed by atoms with Crippen LogP contribution in [0.3, 0.4) is 0 Å². The van der Waals surface area contributed by atoms with E-state index >= 15 is 0 Å². The summed E-state index contributed by atoms with van der Waals surface area (Å²) in [5.41, 5.74) is 3.00. The number of unbranched alkanes of at least 4 members (excludes halogenated alkanes) is 11. The van der Waals surface area contributed by atoms with Gasteiger partial charge >= 0.3 is 0 Å². The van der Waals surface area contributed by atoms with Crippen molar-refractivity contribution in [3.8, 4) is 0 Å². The Kier molecular flexibility index (Phi) is 16.2. The summed E-state index contributed by atoms with van der Waals surface area (Å²) in [4.78, 5) is 12.4. The monoisotopic (exact) mass is 549 g/mol. The summed E-state index contributed by atoms with van der Waals surface area (Å²) in [6.07, 6.45) is 14.4. The Morgan fingerprint density at radius 2 is 1.41 bits per heavy atom. The quantitative estimate of drug-likeness (QED) is 0.0836. The van der Waals surface area contributed by atoms with Crippen molar-refractivity contribution in [2.24, 2.45) is 0 Å². The maximum absolute atomic E-state index is 12.4. The molecule has 1 unspecified atom stereocenters. The smallest absolute Gasteiger partial charge is 0.228 e. The normalized spacial score (nSPS) is 12.3. The predicted octanol–water partition coefficient (Wildman–Crippen LogP) is 8.49. The van der Waals surface area contributed by atoms with E-state index in [1.54, 1.807) is 0 Å². The van der Waals surface area contributed by atoms with Crippen LogP contribution in [0.5, 0.6) is 0 Å². The Bertz CT molecular complexity index is 740. The van der Waals surface area contributed by atoms with Crippen LogP contribution in [-0.2, 0) is 4.79 Å². The molecule has 0 radical (unpaired) electrons. The van der Waals surface area contributed by atoms with Crippen LogP contribution < -0.4 is 16.0 Å². The fraction of sp³-hybridized carbons (Fsp3) is 0.692. The van der Waals surface area contributed by atoms with Crippen molar-refractivity contribution in [3.05, 3.63) is 29.3 Å². The molecule has 34 heavy (non-hydrogen) atoms. The SMILES string of the molecule is CCCCCCCCCCCCCCC(=O)NC(NC(=S)Nc1cc(C)ccc1C)C(Cl)(Cl)Cl. The molecule has 3 N–H and O–H groups in total. The van der Waals surface area contributed by atoms with E-state index in [0.29, 0.717) is 6.42 Å². The van der Waals surface area contributed by atoms with E-state index in [4.69, 9.17) is 47.0 Å². The van der Waals surface area contributed by atoms with Crippen molar-refractivity contribution in [3.63, 3.8) is 0 Å². The molecule has 0 aliphatic rings. The lowest BCUT2D eigenvalue weighted by atomic mass is 10.0. The first-order chi connectivity index (χ1) is 16.1. The predicted molar refractivity (Wildman–Crippen MR) is 153 cm³/mol. The molecule has 1 aromatic rings. The van der Waals surface area contributed by atoms with E-state index < -0.39 is 9.96 Å². The van der Waals surface area contributed by atoms with E-state index in [9.17, 15) is 4.79 Å². The summed E-state index contributed by atoms with van der Waals surface area (Å²) >= 11 is 23.7. The second-order valence-corrected chi connectivity index (χ2v) is 11.9. The third-order valence-corrected chi connectivity index (χ3v) is 6.68. The van der Waals surface area contributed by atoms with Crippen LogP contribution >= 0.6 is 47.0 Å². The number of nitrogens with one attached hydrogen (secondary N) is 3. The molecule has 0 aromatic heterocycles. The van der Waals surface area contributed by atoms with Gasteiger partial charge in [0.2, 0.25) is 9.70 Å². The average molecular weight is 551 g/mol. The molecular weight excluding hydrogens is 509 g/mol. The Balaban J connectivity index is 2.27. The molecular formula is C26H42Cl3N3OS. The van der Waals surface area contributed by atoms with Gasteiger partial charge in [-0.05, 0) is 49.7 Å². The highest BCUT2D eigenvalue weighted by Gasteiger charge is 2.34. The molecule has 1 aromatic carbocycles. The van der Waals surface area contributed by atoms with Crippen molar-refractivity contribution >= 4 is 63.7 Å². The van der Waals surface area contributed by atoms with Gasteiger partial charge in [0.1, 0.15) is 6.17 Å². The number of alkyl halides is 3. The van der Waals surface area contributed by atoms with Crippen molar-refractivity contribution in [1.82, 2.24) is 10.6 Å². The number of benzene rings is 1. The number of amides is 1. The number of aryl methyl sites for hydroxylation is 2. The van der Waals surface area contributed by atoms with E-state index in [1.807, 2.05) is 32.0 Å². The zero-order chi connectivity index (χ0) is 25.4. The Hall–Kier alpha value is -0.750. The van der Waals surface area contributed by atoms with Gasteiger partial charge in [-0.15, -0.1) is 0 Å². The lowest BCUT2D eigenvalue weighted by molar-refractivity contribution is -0.122. The molecule has 1 amide bonds. The Labute approximate surface area is 227 Å². The van der Waals surface area contributed by atoms with E-state index in [2.05, 4.69) is 22.9 Å². The Morgan fingerprint density at radius 1 is 0.882 bits per heavy atom. The first kappa shape index (κ1) is 31.3. The van der Waals surface area contributed by atoms with Crippen LogP contribution in [0.4, 0.5) is 5.69 Å². The van der Waals surface area contributed by atoms with Gasteiger partial charge in [-0.3, -0.25) is 4.79 Å². The molecule has 0 heterocycles. The summed E-state index contributed by atoms with van der Waals surface area (Å²) < 4.78 is -1.75. The summed E-state index contributed by atoms with van der Waals surface area (Å²) in [6, 6.07) is 6.01. The van der Waals surface area contributed by atoms with Gasteiger partial charge in [0.05, 0.1) is 0 Å². The van der Waals surface area contributed by atoms with Crippen LogP contribution in [0.1, 0.15) is 102 Å². The molecule has 0 aliphatic carbocycles. The number of rotatable bonds is 16. The van der Waals surface area contributed by atoms with Crippen LogP contribution in [-0.4, -0.2) is 21.0 Å². The zero-order valence-corrected chi connectivity index (χ0v) is 24.0. The van der Waals surface area contributed by atoms with Gasteiger partial charge < -0.3 is 16.0 Å². The average Bonchev–Trinajstić information content (AvgIpc) is 2.76. The van der Waals surface area contributed by atoms with Gasteiger partial charge in [-0.1, -0.05) is 124 Å². The largest absolute Gasteiger partial charge is 0.339 e. The molecule has 8 heteroatoms. The molecule has 4 nitrogen and oxygen atoms in total. The van der Waals surface area contributed by atoms with Crippen LogP contribution in [0.15, 0.2) is 18.2 Å². The fourth-order valence-corrected chi connectivity index (χ4v) is 4.27. The number of hydrogen-bond donors (Lipinski definition) is 3. The third-order valence-electron chi connectivity index (χ3n) is 5.81. The molecule has 194 valence electrons. The van der Waals surface area contributed by atoms with Gasteiger partial charge in [-0.2, -0.15) is 0 Å². The molecule has 0 fully saturated rings. The van der Waals surface area contributed by atoms with Gasteiger partial charge in [0.15, 0.2) is 5.11 Å². The number of carbonyl (C=O) groups excluding carboxylic acids is 1. The molecule has 0 saturated heterocycles. The van der Waals surface area contributed by atoms with Crippen molar-refractivity contribution in [1.29, 1.82) is 0 Å². The number of thiocarbonyl (C=S) groups is 1. The zero-order valence-electron chi connectivity index (χ0n) is 21.0. The standard InChI is InChI=1S/C26H42Cl3N3OS/c1-4-5-6-7-8-9-10-11-12-13-14-15-16-23(33)31-24(26(27,28)29)32-25(34)30-22-19-20(2)17-18-21(22)3/h17-19,24H,4-16H2,1-3H3,(H,31,33)(H2,30,32,34). The topological polar surface area (TPSA) is 53.2 Å². The maximum atomic E-state index is 12.4. The number of carbonyl (C=O) groups is 1. The first-order valence-corrected chi connectivity index (χ1v) is 14.2. The molecule has 0 bridgehead atoms. The minimum Gasteiger partial charge on any atom is -0.339 e. The van der Waals surface area contributed by atoms with Crippen LogP contribution in [0, 0.1) is 13.8 Å². The highest BCUT2D eigenvalue weighted by molar-refractivity contribution is 7.80. The minimum absolute atomic E-state index is 0.162. The summed E-state index contributed by atoms with van der Waals surface area (Å²) in [7, 11) is 0. The Morgan fingerprint density at radius 3 is 1.94 bits per heavy atom. The highest BCUT2D eigenvalue weighted by Crippen LogP contribution is 2.29. The number of hydrogen-bond acceptors (Lipinski definition) is 2. The minimum atomic E-state index is -1.75. The third kappa shape index (κ3) is 14.6. The van der Waals surface area contributed by atoms with Crippen LogP contribution in [0.25, 0.3) is 0 Å². The summed E-state index contributed by atoms with van der Waals surface area (Å²) in [5, 5.41) is 9.07. The maximum Gasteiger partial charge on any atom is 0.228 e. The fourth-order valence-electron chi connectivity index (χ4n) is 3.72. The molecule has 1 atom stereocenters. The van der Waals surface area contributed by atoms with Gasteiger partial charge in [0, 0.05) is 12.1 Å².